The number of hydrogen-bond acceptors (Lipinski definition) is 4. The van der Waals surface area contributed by atoms with Crippen LogP contribution in [0, 0.1) is 5.82 Å². The number of nitrogens with zero attached hydrogens (tertiary/aromatic N) is 2. The molecule has 0 aliphatic carbocycles. The third-order valence-corrected chi connectivity index (χ3v) is 5.57. The quantitative estimate of drug-likeness (QED) is 0.728. The van der Waals surface area contributed by atoms with Gasteiger partial charge in [0.05, 0.1) is 5.69 Å². The number of nitrogens with one attached hydrogen (secondary N) is 1. The molecule has 0 spiro atoms. The fourth-order valence-corrected chi connectivity index (χ4v) is 3.94. The number of piperazine rings is 1. The van der Waals surface area contributed by atoms with Crippen molar-refractivity contribution in [1.82, 2.24) is 4.90 Å². The summed E-state index contributed by atoms with van der Waals surface area (Å²) in [5.41, 5.74) is 6.86. The highest BCUT2D eigenvalue weighted by Gasteiger charge is 2.22. The second-order valence-electron chi connectivity index (χ2n) is 6.44. The molecule has 1 fully saturated rings. The average Bonchev–Trinajstić information content (AvgIpc) is 2.70. The molecular formula is C20H23FN4O2S. The molecule has 0 unspecified atom stereocenters. The number of para-hydroxylation sites is 1. The standard InChI is InChI=1S/C20H23FN4O2S/c21-15-5-7-16(8-6-15)24-10-12-25(13-11-24)20(27)23-17-3-1-2-4-18(17)28-14-9-19(22)26/h1-8H,9-14H2,(H2,22,26)(H,23,27). The highest BCUT2D eigenvalue weighted by Crippen LogP contribution is 2.28. The van der Waals surface area contributed by atoms with Crippen molar-refractivity contribution in [3.05, 3.63) is 54.3 Å². The first-order chi connectivity index (χ1) is 13.5. The van der Waals surface area contributed by atoms with E-state index < -0.39 is 0 Å². The number of primary amides is 1. The minimum Gasteiger partial charge on any atom is -0.370 e. The monoisotopic (exact) mass is 402 g/mol. The fraction of sp³-hybridized carbons (Fsp3) is 0.300. The van der Waals surface area contributed by atoms with Crippen molar-refractivity contribution in [2.75, 3.05) is 42.1 Å². The third kappa shape index (κ3) is 5.39. The summed E-state index contributed by atoms with van der Waals surface area (Å²) < 4.78 is 13.1. The molecule has 2 aromatic rings. The number of amides is 3. The molecule has 0 bridgehead atoms. The van der Waals surface area contributed by atoms with E-state index in [0.717, 1.165) is 16.3 Å². The van der Waals surface area contributed by atoms with Crippen molar-refractivity contribution in [1.29, 1.82) is 0 Å². The minimum atomic E-state index is -0.340. The topological polar surface area (TPSA) is 78.7 Å². The van der Waals surface area contributed by atoms with Gasteiger partial charge in [0.15, 0.2) is 0 Å². The molecule has 2 aromatic carbocycles. The zero-order valence-corrected chi connectivity index (χ0v) is 16.3. The number of thioether (sulfide) groups is 1. The molecule has 8 heteroatoms. The lowest BCUT2D eigenvalue weighted by Crippen LogP contribution is -2.50. The number of halogens is 1. The number of benzene rings is 2. The van der Waals surface area contributed by atoms with E-state index in [1.165, 1.54) is 23.9 Å². The van der Waals surface area contributed by atoms with Crippen molar-refractivity contribution in [3.63, 3.8) is 0 Å². The van der Waals surface area contributed by atoms with Gasteiger partial charge in [-0.2, -0.15) is 0 Å². The number of rotatable bonds is 6. The maximum Gasteiger partial charge on any atom is 0.321 e. The van der Waals surface area contributed by atoms with E-state index in [1.54, 1.807) is 17.0 Å². The zero-order valence-electron chi connectivity index (χ0n) is 15.4. The Morgan fingerprint density at radius 1 is 1.04 bits per heavy atom. The SMILES string of the molecule is NC(=O)CCSc1ccccc1NC(=O)N1CCN(c2ccc(F)cc2)CC1. The van der Waals surface area contributed by atoms with Crippen LogP contribution in [0.1, 0.15) is 6.42 Å². The predicted molar refractivity (Wildman–Crippen MR) is 110 cm³/mol. The molecule has 0 aromatic heterocycles. The first kappa shape index (κ1) is 20.0. The van der Waals surface area contributed by atoms with Gasteiger partial charge in [0, 0.05) is 48.9 Å². The van der Waals surface area contributed by atoms with Crippen molar-refractivity contribution < 1.29 is 14.0 Å². The Balaban J connectivity index is 1.54. The lowest BCUT2D eigenvalue weighted by atomic mass is 10.2. The Kier molecular flexibility index (Phi) is 6.76. The van der Waals surface area contributed by atoms with Crippen molar-refractivity contribution in [3.8, 4) is 0 Å². The molecule has 3 N–H and O–H groups in total. The molecule has 0 atom stereocenters. The van der Waals surface area contributed by atoms with Crippen molar-refractivity contribution in [2.24, 2.45) is 5.73 Å². The van der Waals surface area contributed by atoms with Crippen LogP contribution in [0.2, 0.25) is 0 Å². The third-order valence-electron chi connectivity index (χ3n) is 4.49. The fourth-order valence-electron chi connectivity index (χ4n) is 2.97. The zero-order chi connectivity index (χ0) is 19.9. The molecule has 148 valence electrons. The maximum absolute atomic E-state index is 13.1. The van der Waals surface area contributed by atoms with E-state index in [1.807, 2.05) is 24.3 Å². The van der Waals surface area contributed by atoms with E-state index in [2.05, 4.69) is 10.2 Å². The van der Waals surface area contributed by atoms with Gasteiger partial charge in [0.1, 0.15) is 5.82 Å². The molecule has 1 aliphatic rings. The van der Waals surface area contributed by atoms with E-state index in [4.69, 9.17) is 5.73 Å². The van der Waals surface area contributed by atoms with Crippen molar-refractivity contribution >= 4 is 35.1 Å². The summed E-state index contributed by atoms with van der Waals surface area (Å²) in [6.07, 6.45) is 0.290. The largest absolute Gasteiger partial charge is 0.370 e. The summed E-state index contributed by atoms with van der Waals surface area (Å²) in [5, 5.41) is 2.96. The molecule has 1 heterocycles. The van der Waals surface area contributed by atoms with Crippen LogP contribution < -0.4 is 16.0 Å². The van der Waals surface area contributed by atoms with E-state index in [-0.39, 0.29) is 24.2 Å². The first-order valence-electron chi connectivity index (χ1n) is 9.09. The normalized spacial score (nSPS) is 14.0. The number of hydrogen-bond donors (Lipinski definition) is 2. The number of carbonyl (C=O) groups excluding carboxylic acids is 2. The summed E-state index contributed by atoms with van der Waals surface area (Å²) in [7, 11) is 0. The lowest BCUT2D eigenvalue weighted by molar-refractivity contribution is -0.117. The van der Waals surface area contributed by atoms with Gasteiger partial charge < -0.3 is 20.9 Å². The number of nitrogens with two attached hydrogens (primary N) is 1. The minimum absolute atomic E-state index is 0.151. The predicted octanol–water partition coefficient (Wildman–Crippen LogP) is 3.15. The lowest BCUT2D eigenvalue weighted by Gasteiger charge is -2.36. The van der Waals surface area contributed by atoms with Gasteiger partial charge in [0.25, 0.3) is 0 Å². The van der Waals surface area contributed by atoms with Gasteiger partial charge in [-0.25, -0.2) is 9.18 Å². The smallest absolute Gasteiger partial charge is 0.321 e. The maximum atomic E-state index is 13.1. The van der Waals surface area contributed by atoms with Crippen LogP contribution in [-0.4, -0.2) is 48.8 Å². The first-order valence-corrected chi connectivity index (χ1v) is 10.1. The van der Waals surface area contributed by atoms with Crippen LogP contribution in [0.3, 0.4) is 0 Å². The van der Waals surface area contributed by atoms with Gasteiger partial charge >= 0.3 is 6.03 Å². The van der Waals surface area contributed by atoms with Crippen LogP contribution in [0.5, 0.6) is 0 Å². The highest BCUT2D eigenvalue weighted by atomic mass is 32.2. The Labute approximate surface area is 167 Å². The summed E-state index contributed by atoms with van der Waals surface area (Å²) in [4.78, 5) is 28.4. The van der Waals surface area contributed by atoms with Gasteiger partial charge in [-0.15, -0.1) is 11.8 Å². The molecule has 6 nitrogen and oxygen atoms in total. The number of carbonyl (C=O) groups is 2. The highest BCUT2D eigenvalue weighted by molar-refractivity contribution is 7.99. The van der Waals surface area contributed by atoms with E-state index in [0.29, 0.717) is 31.9 Å². The summed E-state index contributed by atoms with van der Waals surface area (Å²) in [5.74, 6) is -0.0272. The molecule has 0 saturated carbocycles. The second-order valence-corrected chi connectivity index (χ2v) is 7.58. The van der Waals surface area contributed by atoms with Crippen molar-refractivity contribution in [2.45, 2.75) is 11.3 Å². The van der Waals surface area contributed by atoms with Crippen LogP contribution >= 0.6 is 11.8 Å². The number of anilines is 2. The molecule has 28 heavy (non-hydrogen) atoms. The molecule has 3 rings (SSSR count). The molecule has 1 aliphatic heterocycles. The van der Waals surface area contributed by atoms with Crippen LogP contribution in [0.25, 0.3) is 0 Å². The van der Waals surface area contributed by atoms with Crippen LogP contribution in [-0.2, 0) is 4.79 Å². The van der Waals surface area contributed by atoms with Gasteiger partial charge in [-0.1, -0.05) is 12.1 Å². The van der Waals surface area contributed by atoms with Crippen LogP contribution in [0.15, 0.2) is 53.4 Å². The van der Waals surface area contributed by atoms with Crippen LogP contribution in [0.4, 0.5) is 20.6 Å². The summed E-state index contributed by atoms with van der Waals surface area (Å²) >= 11 is 1.49. The van der Waals surface area contributed by atoms with Gasteiger partial charge in [-0.05, 0) is 36.4 Å². The number of urea groups is 1. The van der Waals surface area contributed by atoms with Gasteiger partial charge in [0.2, 0.25) is 5.91 Å². The molecule has 1 saturated heterocycles. The Morgan fingerprint density at radius 3 is 2.39 bits per heavy atom. The Hall–Kier alpha value is -2.74. The molecule has 0 radical (unpaired) electrons. The van der Waals surface area contributed by atoms with E-state index >= 15 is 0 Å². The molecular weight excluding hydrogens is 379 g/mol. The second kappa shape index (κ2) is 9.45. The average molecular weight is 402 g/mol. The van der Waals surface area contributed by atoms with E-state index in [9.17, 15) is 14.0 Å². The molecule has 3 amide bonds. The summed E-state index contributed by atoms with van der Waals surface area (Å²) in [6, 6.07) is 13.8. The van der Waals surface area contributed by atoms with Gasteiger partial charge in [-0.3, -0.25) is 4.79 Å². The summed E-state index contributed by atoms with van der Waals surface area (Å²) in [6.45, 7) is 2.54. The Morgan fingerprint density at radius 2 is 1.71 bits per heavy atom. The Bertz CT molecular complexity index is 823.